The van der Waals surface area contributed by atoms with Gasteiger partial charge in [-0.15, -0.1) is 0 Å². The number of anilines is 1. The minimum absolute atomic E-state index is 0.672. The van der Waals surface area contributed by atoms with Crippen molar-refractivity contribution in [1.82, 2.24) is 5.16 Å². The second-order valence-electron chi connectivity index (χ2n) is 3.64. The average molecular weight is 237 g/mol. The van der Waals surface area contributed by atoms with Crippen LogP contribution < -0.4 is 5.32 Å². The first-order valence-corrected chi connectivity index (χ1v) is 5.46. The molecule has 1 N–H and O–H groups in total. The van der Waals surface area contributed by atoms with Gasteiger partial charge in [0, 0.05) is 12.1 Å². The van der Waals surface area contributed by atoms with Crippen LogP contribution in [0.3, 0.4) is 0 Å². The van der Waals surface area contributed by atoms with Crippen LogP contribution in [0.1, 0.15) is 17.0 Å². The highest BCUT2D eigenvalue weighted by molar-refractivity contribution is 6.33. The highest BCUT2D eigenvalue weighted by atomic mass is 35.5. The topological polar surface area (TPSA) is 38.1 Å². The van der Waals surface area contributed by atoms with E-state index in [1.807, 2.05) is 38.1 Å². The number of hydrogen-bond donors (Lipinski definition) is 1. The maximum Gasteiger partial charge on any atom is 0.138 e. The SMILES string of the molecule is Cc1noc(C)c1CNc1ccccc1Cl. The van der Waals surface area contributed by atoms with E-state index in [0.29, 0.717) is 11.6 Å². The zero-order chi connectivity index (χ0) is 11.5. The first-order valence-electron chi connectivity index (χ1n) is 5.08. The summed E-state index contributed by atoms with van der Waals surface area (Å²) in [6, 6.07) is 7.66. The van der Waals surface area contributed by atoms with E-state index in [1.54, 1.807) is 0 Å². The van der Waals surface area contributed by atoms with Gasteiger partial charge in [0.1, 0.15) is 5.76 Å². The van der Waals surface area contributed by atoms with Gasteiger partial charge in [-0.3, -0.25) is 0 Å². The quantitative estimate of drug-likeness (QED) is 0.886. The van der Waals surface area contributed by atoms with Crippen LogP contribution in [0.5, 0.6) is 0 Å². The number of hydrogen-bond acceptors (Lipinski definition) is 3. The molecule has 1 aromatic heterocycles. The monoisotopic (exact) mass is 236 g/mol. The second-order valence-corrected chi connectivity index (χ2v) is 4.04. The summed E-state index contributed by atoms with van der Waals surface area (Å²) < 4.78 is 5.09. The number of rotatable bonds is 3. The summed E-state index contributed by atoms with van der Waals surface area (Å²) in [5.74, 6) is 0.844. The van der Waals surface area contributed by atoms with E-state index in [4.69, 9.17) is 16.1 Å². The van der Waals surface area contributed by atoms with Crippen molar-refractivity contribution in [2.75, 3.05) is 5.32 Å². The van der Waals surface area contributed by atoms with Crippen molar-refractivity contribution < 1.29 is 4.52 Å². The minimum Gasteiger partial charge on any atom is -0.380 e. The van der Waals surface area contributed by atoms with Gasteiger partial charge in [0.25, 0.3) is 0 Å². The number of nitrogens with zero attached hydrogens (tertiary/aromatic N) is 1. The van der Waals surface area contributed by atoms with Crippen molar-refractivity contribution >= 4 is 17.3 Å². The average Bonchev–Trinajstić information content (AvgIpc) is 2.58. The summed E-state index contributed by atoms with van der Waals surface area (Å²) in [5, 5.41) is 7.88. The molecule has 0 aliphatic carbocycles. The van der Waals surface area contributed by atoms with Crippen LogP contribution in [0, 0.1) is 13.8 Å². The molecular formula is C12H13ClN2O. The molecule has 3 nitrogen and oxygen atoms in total. The van der Waals surface area contributed by atoms with Crippen LogP contribution >= 0.6 is 11.6 Å². The molecule has 0 aliphatic rings. The minimum atomic E-state index is 0.672. The van der Waals surface area contributed by atoms with Crippen molar-refractivity contribution in [2.24, 2.45) is 0 Å². The largest absolute Gasteiger partial charge is 0.380 e. The van der Waals surface area contributed by atoms with Crippen LogP contribution in [-0.4, -0.2) is 5.16 Å². The number of para-hydroxylation sites is 1. The van der Waals surface area contributed by atoms with Crippen molar-refractivity contribution in [3.8, 4) is 0 Å². The van der Waals surface area contributed by atoms with Crippen molar-refractivity contribution in [3.05, 3.63) is 46.3 Å². The third-order valence-electron chi connectivity index (χ3n) is 2.51. The van der Waals surface area contributed by atoms with Gasteiger partial charge in [0.05, 0.1) is 16.4 Å². The molecule has 16 heavy (non-hydrogen) atoms. The summed E-state index contributed by atoms with van der Waals surface area (Å²) in [5.41, 5.74) is 2.92. The Balaban J connectivity index is 2.11. The van der Waals surface area contributed by atoms with Crippen molar-refractivity contribution in [3.63, 3.8) is 0 Å². The molecule has 2 rings (SSSR count). The van der Waals surface area contributed by atoms with Crippen molar-refractivity contribution in [1.29, 1.82) is 0 Å². The van der Waals surface area contributed by atoms with Gasteiger partial charge in [0.15, 0.2) is 0 Å². The van der Waals surface area contributed by atoms with E-state index in [-0.39, 0.29) is 0 Å². The van der Waals surface area contributed by atoms with Gasteiger partial charge in [-0.2, -0.15) is 0 Å². The molecule has 0 spiro atoms. The molecule has 0 amide bonds. The van der Waals surface area contributed by atoms with E-state index in [9.17, 15) is 0 Å². The Morgan fingerprint density at radius 2 is 2.06 bits per heavy atom. The number of halogens is 1. The predicted octanol–water partition coefficient (Wildman–Crippen LogP) is 3.56. The van der Waals surface area contributed by atoms with Crippen LogP contribution in [-0.2, 0) is 6.54 Å². The highest BCUT2D eigenvalue weighted by Gasteiger charge is 2.08. The first kappa shape index (κ1) is 11.0. The van der Waals surface area contributed by atoms with Gasteiger partial charge < -0.3 is 9.84 Å². The molecular weight excluding hydrogens is 224 g/mol. The zero-order valence-corrected chi connectivity index (χ0v) is 10.0. The Morgan fingerprint density at radius 3 is 2.69 bits per heavy atom. The molecule has 0 atom stereocenters. The Hall–Kier alpha value is -1.48. The molecule has 4 heteroatoms. The summed E-state index contributed by atoms with van der Waals surface area (Å²) in [6.45, 7) is 4.51. The van der Waals surface area contributed by atoms with E-state index < -0.39 is 0 Å². The fourth-order valence-corrected chi connectivity index (χ4v) is 1.75. The normalized spacial score (nSPS) is 10.4. The zero-order valence-electron chi connectivity index (χ0n) is 9.25. The molecule has 0 aliphatic heterocycles. The number of aryl methyl sites for hydroxylation is 2. The predicted molar refractivity (Wildman–Crippen MR) is 64.8 cm³/mol. The second kappa shape index (κ2) is 4.58. The van der Waals surface area contributed by atoms with Gasteiger partial charge in [0.2, 0.25) is 0 Å². The molecule has 0 bridgehead atoms. The Labute approximate surface area is 99.4 Å². The Bertz CT molecular complexity index is 474. The van der Waals surface area contributed by atoms with E-state index in [0.717, 1.165) is 22.7 Å². The molecule has 0 saturated heterocycles. The highest BCUT2D eigenvalue weighted by Crippen LogP contribution is 2.22. The Morgan fingerprint density at radius 1 is 1.31 bits per heavy atom. The third kappa shape index (κ3) is 2.19. The molecule has 0 saturated carbocycles. The van der Waals surface area contributed by atoms with Gasteiger partial charge in [-0.1, -0.05) is 28.9 Å². The van der Waals surface area contributed by atoms with Gasteiger partial charge in [-0.05, 0) is 26.0 Å². The summed E-state index contributed by atoms with van der Waals surface area (Å²) in [6.07, 6.45) is 0. The summed E-state index contributed by atoms with van der Waals surface area (Å²) in [7, 11) is 0. The third-order valence-corrected chi connectivity index (χ3v) is 2.84. The fourth-order valence-electron chi connectivity index (χ4n) is 1.54. The van der Waals surface area contributed by atoms with Crippen LogP contribution in [0.2, 0.25) is 5.02 Å². The molecule has 0 radical (unpaired) electrons. The van der Waals surface area contributed by atoms with Gasteiger partial charge in [-0.25, -0.2) is 0 Å². The van der Waals surface area contributed by atoms with Crippen molar-refractivity contribution in [2.45, 2.75) is 20.4 Å². The Kier molecular flexibility index (Phi) is 3.15. The lowest BCUT2D eigenvalue weighted by Crippen LogP contribution is -2.01. The summed E-state index contributed by atoms with van der Waals surface area (Å²) in [4.78, 5) is 0. The molecule has 0 unspecified atom stereocenters. The van der Waals surface area contributed by atoms with Crippen LogP contribution in [0.25, 0.3) is 0 Å². The fraction of sp³-hybridized carbons (Fsp3) is 0.250. The standard InChI is InChI=1S/C12H13ClN2O/c1-8-10(9(2)16-15-8)7-14-12-6-4-3-5-11(12)13/h3-6,14H,7H2,1-2H3. The molecule has 2 aromatic rings. The lowest BCUT2D eigenvalue weighted by atomic mass is 10.2. The maximum absolute atomic E-state index is 6.04. The molecule has 0 fully saturated rings. The number of aromatic nitrogens is 1. The van der Waals surface area contributed by atoms with E-state index in [2.05, 4.69) is 10.5 Å². The van der Waals surface area contributed by atoms with Gasteiger partial charge >= 0.3 is 0 Å². The molecule has 1 heterocycles. The lowest BCUT2D eigenvalue weighted by molar-refractivity contribution is 0.392. The number of benzene rings is 1. The molecule has 1 aromatic carbocycles. The van der Waals surface area contributed by atoms with E-state index in [1.165, 1.54) is 0 Å². The maximum atomic E-state index is 6.04. The van der Waals surface area contributed by atoms with Crippen LogP contribution in [0.4, 0.5) is 5.69 Å². The lowest BCUT2D eigenvalue weighted by Gasteiger charge is -2.07. The first-order chi connectivity index (χ1) is 7.68. The smallest absolute Gasteiger partial charge is 0.138 e. The summed E-state index contributed by atoms with van der Waals surface area (Å²) >= 11 is 6.04. The van der Waals surface area contributed by atoms with Crippen LogP contribution in [0.15, 0.2) is 28.8 Å². The molecule has 84 valence electrons. The van der Waals surface area contributed by atoms with E-state index >= 15 is 0 Å². The number of nitrogens with one attached hydrogen (secondary N) is 1.